The third-order valence-corrected chi connectivity index (χ3v) is 10.5. The molecular weight excluding hydrogens is 384 g/mol. The molecule has 1 fully saturated rings. The van der Waals surface area contributed by atoms with Gasteiger partial charge in [0, 0.05) is 24.7 Å². The Balaban J connectivity index is 2.72. The molecule has 0 N–H and O–H groups in total. The zero-order valence-electron chi connectivity index (χ0n) is 18.9. The van der Waals surface area contributed by atoms with Crippen molar-refractivity contribution >= 4 is 26.4 Å². The summed E-state index contributed by atoms with van der Waals surface area (Å²) in [6.07, 6.45) is 10.9. The lowest BCUT2D eigenvalue weighted by molar-refractivity contribution is -0.143. The van der Waals surface area contributed by atoms with Gasteiger partial charge in [0.15, 0.2) is 8.32 Å². The van der Waals surface area contributed by atoms with Crippen LogP contribution in [0.5, 0.6) is 0 Å². The van der Waals surface area contributed by atoms with Crippen molar-refractivity contribution in [2.45, 2.75) is 84.0 Å². The molecule has 0 unspecified atom stereocenters. The van der Waals surface area contributed by atoms with Crippen LogP contribution in [0.3, 0.4) is 0 Å². The van der Waals surface area contributed by atoms with E-state index in [1.165, 1.54) is 6.08 Å². The Labute approximate surface area is 177 Å². The predicted octanol–water partition coefficient (Wildman–Crippen LogP) is 5.02. The molecule has 0 saturated heterocycles. The number of ether oxygens (including phenoxy) is 1. The standard InChI is InChI=1S/C23H38O5Si/c1-7-27-22(26)15-11-9-8-10-13-18-19(14-12-16-24)21(17-20(18)25)28-29(5,6)23(2,3)4/h8,10,12,14,16,18-19,21H,7,9,11,13,15,17H2,1-6H3/b10-8?,14-12-/t18-,19-,21-/m1/s1. The monoisotopic (exact) mass is 422 g/mol. The van der Waals surface area contributed by atoms with E-state index < -0.39 is 8.32 Å². The van der Waals surface area contributed by atoms with Gasteiger partial charge in [0.05, 0.1) is 12.7 Å². The molecular formula is C23H38O5Si. The van der Waals surface area contributed by atoms with Crippen LogP contribution < -0.4 is 0 Å². The minimum absolute atomic E-state index is 0.0614. The number of rotatable bonds is 11. The van der Waals surface area contributed by atoms with Crippen LogP contribution >= 0.6 is 0 Å². The highest BCUT2D eigenvalue weighted by atomic mass is 28.4. The Morgan fingerprint density at radius 1 is 1.24 bits per heavy atom. The van der Waals surface area contributed by atoms with E-state index in [1.807, 2.05) is 18.2 Å². The van der Waals surface area contributed by atoms with Gasteiger partial charge in [0.2, 0.25) is 0 Å². The smallest absolute Gasteiger partial charge is 0.305 e. The quantitative estimate of drug-likeness (QED) is 0.117. The van der Waals surface area contributed by atoms with Crippen molar-refractivity contribution in [2.75, 3.05) is 6.61 Å². The molecule has 0 amide bonds. The molecule has 1 aliphatic rings. The fraction of sp³-hybridized carbons (Fsp3) is 0.696. The highest BCUT2D eigenvalue weighted by Gasteiger charge is 2.46. The molecule has 6 heteroatoms. The van der Waals surface area contributed by atoms with E-state index in [0.717, 1.165) is 19.1 Å². The number of aldehydes is 1. The van der Waals surface area contributed by atoms with Gasteiger partial charge in [0.1, 0.15) is 12.1 Å². The van der Waals surface area contributed by atoms with Gasteiger partial charge < -0.3 is 9.16 Å². The second-order valence-electron chi connectivity index (χ2n) is 9.20. The van der Waals surface area contributed by atoms with Gasteiger partial charge in [-0.1, -0.05) is 39.0 Å². The van der Waals surface area contributed by atoms with Crippen molar-refractivity contribution in [2.24, 2.45) is 11.8 Å². The molecule has 1 saturated carbocycles. The van der Waals surface area contributed by atoms with Crippen molar-refractivity contribution in [3.05, 3.63) is 24.3 Å². The molecule has 5 nitrogen and oxygen atoms in total. The highest BCUT2D eigenvalue weighted by Crippen LogP contribution is 2.42. The summed E-state index contributed by atoms with van der Waals surface area (Å²) in [6, 6.07) is 0. The zero-order chi connectivity index (χ0) is 22.1. The number of Topliss-reactive ketones (excluding diaryl/α,β-unsaturated/α-hetero) is 1. The Kier molecular flexibility index (Phi) is 10.2. The SMILES string of the molecule is CCOC(=O)CCCC=CC[C@H]1C(=O)C[C@@H](O[Si](C)(C)C(C)(C)C)[C@@H]1/C=C\C=O. The second kappa shape index (κ2) is 11.6. The molecule has 0 aromatic rings. The number of carbonyl (C=O) groups is 3. The maximum Gasteiger partial charge on any atom is 0.305 e. The summed E-state index contributed by atoms with van der Waals surface area (Å²) in [5, 5.41) is 0.0614. The van der Waals surface area contributed by atoms with E-state index in [2.05, 4.69) is 33.9 Å². The van der Waals surface area contributed by atoms with Gasteiger partial charge in [0.25, 0.3) is 0 Å². The largest absolute Gasteiger partial charge is 0.466 e. The van der Waals surface area contributed by atoms with Crippen molar-refractivity contribution < 1.29 is 23.5 Å². The van der Waals surface area contributed by atoms with Gasteiger partial charge >= 0.3 is 5.97 Å². The lowest BCUT2D eigenvalue weighted by Gasteiger charge is -2.39. The molecule has 0 aromatic heterocycles. The summed E-state index contributed by atoms with van der Waals surface area (Å²) in [7, 11) is -2.01. The van der Waals surface area contributed by atoms with Gasteiger partial charge in [-0.3, -0.25) is 14.4 Å². The van der Waals surface area contributed by atoms with Crippen LogP contribution in [-0.4, -0.2) is 39.1 Å². The third-order valence-electron chi connectivity index (χ3n) is 5.99. The molecule has 0 heterocycles. The lowest BCUT2D eigenvalue weighted by Crippen LogP contribution is -2.45. The summed E-state index contributed by atoms with van der Waals surface area (Å²) in [5.74, 6) is -0.213. The minimum atomic E-state index is -2.01. The summed E-state index contributed by atoms with van der Waals surface area (Å²) in [5.41, 5.74) is 0. The maximum absolute atomic E-state index is 12.7. The Bertz CT molecular complexity index is 615. The summed E-state index contributed by atoms with van der Waals surface area (Å²) in [4.78, 5) is 34.9. The van der Waals surface area contributed by atoms with Gasteiger partial charge in [-0.25, -0.2) is 0 Å². The molecule has 0 aliphatic heterocycles. The van der Waals surface area contributed by atoms with Crippen LogP contribution in [0.4, 0.5) is 0 Å². The fourth-order valence-corrected chi connectivity index (χ4v) is 4.66. The molecule has 1 aliphatic carbocycles. The van der Waals surface area contributed by atoms with Crippen molar-refractivity contribution in [1.29, 1.82) is 0 Å². The molecule has 0 radical (unpaired) electrons. The molecule has 3 atom stereocenters. The third kappa shape index (κ3) is 8.01. The van der Waals surface area contributed by atoms with Crippen LogP contribution in [0, 0.1) is 11.8 Å². The summed E-state index contributed by atoms with van der Waals surface area (Å²) in [6.45, 7) is 13.1. The van der Waals surface area contributed by atoms with Crippen molar-refractivity contribution in [1.82, 2.24) is 0 Å². The van der Waals surface area contributed by atoms with Crippen LogP contribution in [0.1, 0.15) is 59.8 Å². The molecule has 29 heavy (non-hydrogen) atoms. The average molecular weight is 423 g/mol. The van der Waals surface area contributed by atoms with E-state index in [4.69, 9.17) is 9.16 Å². The number of carbonyl (C=O) groups excluding carboxylic acids is 3. The fourth-order valence-electron chi connectivity index (χ4n) is 3.31. The Hall–Kier alpha value is -1.53. The van der Waals surface area contributed by atoms with Crippen molar-refractivity contribution in [3.63, 3.8) is 0 Å². The lowest BCUT2D eigenvalue weighted by atomic mass is 9.90. The molecule has 1 rings (SSSR count). The number of hydrogen-bond donors (Lipinski definition) is 0. The molecule has 0 spiro atoms. The first-order valence-electron chi connectivity index (χ1n) is 10.7. The normalized spacial score (nSPS) is 23.2. The second-order valence-corrected chi connectivity index (χ2v) is 14.0. The van der Waals surface area contributed by atoms with Crippen LogP contribution in [-0.2, 0) is 23.5 Å². The van der Waals surface area contributed by atoms with Gasteiger partial charge in [-0.15, -0.1) is 0 Å². The van der Waals surface area contributed by atoms with Crippen LogP contribution in [0.15, 0.2) is 24.3 Å². The first-order chi connectivity index (χ1) is 13.5. The predicted molar refractivity (Wildman–Crippen MR) is 118 cm³/mol. The molecule has 164 valence electrons. The number of hydrogen-bond acceptors (Lipinski definition) is 5. The number of allylic oxidation sites excluding steroid dienone is 3. The first-order valence-corrected chi connectivity index (χ1v) is 13.6. The number of unbranched alkanes of at least 4 members (excludes halogenated alkanes) is 1. The Morgan fingerprint density at radius 3 is 2.52 bits per heavy atom. The zero-order valence-corrected chi connectivity index (χ0v) is 19.9. The number of ketones is 1. The molecule has 0 aromatic carbocycles. The Morgan fingerprint density at radius 2 is 1.93 bits per heavy atom. The van der Waals surface area contributed by atoms with E-state index >= 15 is 0 Å². The summed E-state index contributed by atoms with van der Waals surface area (Å²) < 4.78 is 11.5. The minimum Gasteiger partial charge on any atom is -0.466 e. The molecule has 0 bridgehead atoms. The van der Waals surface area contributed by atoms with Gasteiger partial charge in [-0.2, -0.15) is 0 Å². The van der Waals surface area contributed by atoms with Crippen LogP contribution in [0.2, 0.25) is 18.1 Å². The van der Waals surface area contributed by atoms with E-state index in [0.29, 0.717) is 25.9 Å². The average Bonchev–Trinajstić information content (AvgIpc) is 2.89. The highest BCUT2D eigenvalue weighted by molar-refractivity contribution is 6.74. The maximum atomic E-state index is 12.7. The number of esters is 1. The topological polar surface area (TPSA) is 69.7 Å². The van der Waals surface area contributed by atoms with E-state index in [9.17, 15) is 14.4 Å². The van der Waals surface area contributed by atoms with Gasteiger partial charge in [-0.05, 0) is 50.4 Å². The van der Waals surface area contributed by atoms with Crippen molar-refractivity contribution in [3.8, 4) is 0 Å². The van der Waals surface area contributed by atoms with E-state index in [-0.39, 0.29) is 34.7 Å². The summed E-state index contributed by atoms with van der Waals surface area (Å²) >= 11 is 0. The van der Waals surface area contributed by atoms with Crippen LogP contribution in [0.25, 0.3) is 0 Å². The first kappa shape index (κ1) is 25.5. The van der Waals surface area contributed by atoms with E-state index in [1.54, 1.807) is 6.92 Å².